The van der Waals surface area contributed by atoms with Crippen LogP contribution >= 0.6 is 15.9 Å². The molecule has 0 spiro atoms. The van der Waals surface area contributed by atoms with Gasteiger partial charge in [0.1, 0.15) is 0 Å². The summed E-state index contributed by atoms with van der Waals surface area (Å²) in [6, 6.07) is 15.2. The van der Waals surface area contributed by atoms with Crippen LogP contribution in [0.1, 0.15) is 22.7 Å². The molecule has 0 radical (unpaired) electrons. The number of rotatable bonds is 4. The number of nitrogens with zero attached hydrogens (tertiary/aromatic N) is 1. The Kier molecular flexibility index (Phi) is 4.84. The van der Waals surface area contributed by atoms with Crippen molar-refractivity contribution < 1.29 is 0 Å². The smallest absolute Gasteiger partial charge is 0.0661 e. The summed E-state index contributed by atoms with van der Waals surface area (Å²) in [6.07, 6.45) is 0. The molecule has 0 saturated carbocycles. The van der Waals surface area contributed by atoms with E-state index in [9.17, 15) is 0 Å². The van der Waals surface area contributed by atoms with Crippen LogP contribution in [0.5, 0.6) is 0 Å². The molecule has 3 heteroatoms. The molecule has 0 aliphatic carbocycles. The summed E-state index contributed by atoms with van der Waals surface area (Å²) in [5.74, 6) is 0. The highest BCUT2D eigenvalue weighted by molar-refractivity contribution is 9.10. The molecule has 0 amide bonds. The van der Waals surface area contributed by atoms with Crippen LogP contribution in [-0.4, -0.2) is 13.6 Å². The first-order valence-electron chi connectivity index (χ1n) is 6.78. The first-order valence-corrected chi connectivity index (χ1v) is 7.57. The van der Waals surface area contributed by atoms with E-state index in [-0.39, 0.29) is 6.04 Å². The average Bonchev–Trinajstić information content (AvgIpc) is 2.40. The fraction of sp³-hybridized carbons (Fsp3) is 0.294. The van der Waals surface area contributed by atoms with Gasteiger partial charge in [0.25, 0.3) is 0 Å². The Morgan fingerprint density at radius 3 is 2.10 bits per heavy atom. The van der Waals surface area contributed by atoms with E-state index in [4.69, 9.17) is 5.73 Å². The van der Waals surface area contributed by atoms with E-state index in [0.29, 0.717) is 6.54 Å². The van der Waals surface area contributed by atoms with Crippen LogP contribution in [0.15, 0.2) is 46.9 Å². The van der Waals surface area contributed by atoms with E-state index >= 15 is 0 Å². The molecule has 20 heavy (non-hydrogen) atoms. The van der Waals surface area contributed by atoms with Crippen molar-refractivity contribution in [2.45, 2.75) is 19.9 Å². The molecule has 0 aromatic heterocycles. The number of nitrogens with two attached hydrogens (primary N) is 1. The SMILES string of the molecule is Cc1cc(C)cc(N(C)C(CN)c2ccc(Br)cc2)c1. The van der Waals surface area contributed by atoms with Crippen molar-refractivity contribution in [3.05, 3.63) is 63.6 Å². The molecule has 2 N–H and O–H groups in total. The minimum absolute atomic E-state index is 0.185. The third-order valence-corrected chi connectivity index (χ3v) is 4.09. The van der Waals surface area contributed by atoms with Crippen LogP contribution in [0.25, 0.3) is 0 Å². The van der Waals surface area contributed by atoms with Crippen molar-refractivity contribution in [2.75, 3.05) is 18.5 Å². The van der Waals surface area contributed by atoms with Crippen LogP contribution in [0, 0.1) is 13.8 Å². The average molecular weight is 333 g/mol. The van der Waals surface area contributed by atoms with Crippen LogP contribution in [0.2, 0.25) is 0 Å². The molecule has 2 aromatic carbocycles. The fourth-order valence-corrected chi connectivity index (χ4v) is 2.80. The Labute approximate surface area is 129 Å². The van der Waals surface area contributed by atoms with E-state index in [0.717, 1.165) is 4.47 Å². The molecule has 1 unspecified atom stereocenters. The number of likely N-dealkylation sites (N-methyl/N-ethyl adjacent to an activating group) is 1. The van der Waals surface area contributed by atoms with Gasteiger partial charge in [0.15, 0.2) is 0 Å². The molecule has 0 aliphatic heterocycles. The summed E-state index contributed by atoms with van der Waals surface area (Å²) in [5.41, 5.74) is 11.0. The standard InChI is InChI=1S/C17H21BrN2/c1-12-8-13(2)10-16(9-12)20(3)17(11-19)14-4-6-15(18)7-5-14/h4-10,17H,11,19H2,1-3H3. The molecule has 2 aromatic rings. The number of benzene rings is 2. The minimum Gasteiger partial charge on any atom is -0.366 e. The molecule has 0 heterocycles. The van der Waals surface area contributed by atoms with E-state index < -0.39 is 0 Å². The van der Waals surface area contributed by atoms with Gasteiger partial charge in [-0.2, -0.15) is 0 Å². The normalized spacial score (nSPS) is 12.2. The molecule has 0 aliphatic rings. The number of hydrogen-bond donors (Lipinski definition) is 1. The van der Waals surface area contributed by atoms with Crippen molar-refractivity contribution in [2.24, 2.45) is 5.73 Å². The van der Waals surface area contributed by atoms with E-state index in [1.165, 1.54) is 22.4 Å². The van der Waals surface area contributed by atoms with Gasteiger partial charge < -0.3 is 10.6 Å². The Hall–Kier alpha value is -1.32. The van der Waals surface area contributed by atoms with Gasteiger partial charge in [-0.1, -0.05) is 34.1 Å². The summed E-state index contributed by atoms with van der Waals surface area (Å²) < 4.78 is 1.09. The molecule has 0 fully saturated rings. The molecular weight excluding hydrogens is 312 g/mol. The highest BCUT2D eigenvalue weighted by atomic mass is 79.9. The molecule has 1 atom stereocenters. The largest absolute Gasteiger partial charge is 0.366 e. The topological polar surface area (TPSA) is 29.3 Å². The number of halogens is 1. The fourth-order valence-electron chi connectivity index (χ4n) is 2.54. The Bertz CT molecular complexity index is 558. The second kappa shape index (κ2) is 6.42. The summed E-state index contributed by atoms with van der Waals surface area (Å²) >= 11 is 3.47. The Morgan fingerprint density at radius 2 is 1.60 bits per heavy atom. The van der Waals surface area contributed by atoms with Gasteiger partial charge >= 0.3 is 0 Å². The molecule has 2 nitrogen and oxygen atoms in total. The lowest BCUT2D eigenvalue weighted by Crippen LogP contribution is -2.30. The highest BCUT2D eigenvalue weighted by Gasteiger charge is 2.16. The van der Waals surface area contributed by atoms with E-state index in [2.05, 4.69) is 84.2 Å². The second-order valence-corrected chi connectivity index (χ2v) is 6.18. The first kappa shape index (κ1) is 15.1. The summed E-state index contributed by atoms with van der Waals surface area (Å²) in [7, 11) is 2.10. The van der Waals surface area contributed by atoms with Gasteiger partial charge in [-0.3, -0.25) is 0 Å². The van der Waals surface area contributed by atoms with Crippen LogP contribution in [0.4, 0.5) is 5.69 Å². The van der Waals surface area contributed by atoms with Crippen molar-refractivity contribution in [3.8, 4) is 0 Å². The molecular formula is C17H21BrN2. The third-order valence-electron chi connectivity index (χ3n) is 3.56. The maximum Gasteiger partial charge on any atom is 0.0661 e. The van der Waals surface area contributed by atoms with Crippen LogP contribution in [0.3, 0.4) is 0 Å². The number of anilines is 1. The maximum absolute atomic E-state index is 6.00. The number of hydrogen-bond acceptors (Lipinski definition) is 2. The highest BCUT2D eigenvalue weighted by Crippen LogP contribution is 2.27. The van der Waals surface area contributed by atoms with Crippen LogP contribution < -0.4 is 10.6 Å². The molecule has 2 rings (SSSR count). The summed E-state index contributed by atoms with van der Waals surface area (Å²) in [5, 5.41) is 0. The maximum atomic E-state index is 6.00. The number of aryl methyl sites for hydroxylation is 2. The Morgan fingerprint density at radius 1 is 1.05 bits per heavy atom. The predicted molar refractivity (Wildman–Crippen MR) is 90.3 cm³/mol. The minimum atomic E-state index is 0.185. The van der Waals surface area contributed by atoms with Gasteiger partial charge in [0.05, 0.1) is 6.04 Å². The second-order valence-electron chi connectivity index (χ2n) is 5.26. The van der Waals surface area contributed by atoms with Crippen LogP contribution in [-0.2, 0) is 0 Å². The Balaban J connectivity index is 2.33. The summed E-state index contributed by atoms with van der Waals surface area (Å²) in [6.45, 7) is 4.84. The monoisotopic (exact) mass is 332 g/mol. The zero-order chi connectivity index (χ0) is 14.7. The lowest BCUT2D eigenvalue weighted by Gasteiger charge is -2.30. The van der Waals surface area contributed by atoms with Crippen molar-refractivity contribution in [1.29, 1.82) is 0 Å². The predicted octanol–water partition coefficient (Wildman–Crippen LogP) is 4.20. The first-order chi connectivity index (χ1) is 9.51. The van der Waals surface area contributed by atoms with E-state index in [1.807, 2.05) is 0 Å². The molecule has 0 saturated heterocycles. The van der Waals surface area contributed by atoms with Crippen molar-refractivity contribution in [3.63, 3.8) is 0 Å². The zero-order valence-corrected chi connectivity index (χ0v) is 13.8. The van der Waals surface area contributed by atoms with Gasteiger partial charge in [-0.15, -0.1) is 0 Å². The van der Waals surface area contributed by atoms with E-state index in [1.54, 1.807) is 0 Å². The van der Waals surface area contributed by atoms with Crippen molar-refractivity contribution in [1.82, 2.24) is 0 Å². The van der Waals surface area contributed by atoms with Crippen molar-refractivity contribution >= 4 is 21.6 Å². The molecule has 0 bridgehead atoms. The lowest BCUT2D eigenvalue weighted by atomic mass is 10.0. The van der Waals surface area contributed by atoms with Gasteiger partial charge in [-0.25, -0.2) is 0 Å². The van der Waals surface area contributed by atoms with Gasteiger partial charge in [0, 0.05) is 23.8 Å². The molecule has 106 valence electrons. The third kappa shape index (κ3) is 3.41. The zero-order valence-electron chi connectivity index (χ0n) is 12.2. The van der Waals surface area contributed by atoms with Gasteiger partial charge in [-0.05, 0) is 54.8 Å². The quantitative estimate of drug-likeness (QED) is 0.908. The lowest BCUT2D eigenvalue weighted by molar-refractivity contribution is 0.680. The van der Waals surface area contributed by atoms with Gasteiger partial charge in [0.2, 0.25) is 0 Å². The summed E-state index contributed by atoms with van der Waals surface area (Å²) in [4.78, 5) is 2.25.